The van der Waals surface area contributed by atoms with Gasteiger partial charge in [-0.1, -0.05) is 194 Å². The molecule has 0 spiro atoms. The molecule has 0 N–H and O–H groups in total. The Labute approximate surface area is 360 Å². The number of nitrogens with zero attached hydrogens (tertiary/aromatic N) is 6. The lowest BCUT2D eigenvalue weighted by molar-refractivity contribution is 1.07. The Morgan fingerprint density at radius 3 is 1.11 bits per heavy atom. The van der Waals surface area contributed by atoms with Gasteiger partial charge < -0.3 is 0 Å². The smallest absolute Gasteiger partial charge is 0.164 e. The van der Waals surface area contributed by atoms with E-state index in [0.717, 1.165) is 78.1 Å². The predicted octanol–water partition coefficient (Wildman–Crippen LogP) is 13.5. The van der Waals surface area contributed by atoms with Crippen molar-refractivity contribution in [3.63, 3.8) is 0 Å². The van der Waals surface area contributed by atoms with Gasteiger partial charge >= 0.3 is 0 Å². The molecule has 0 radical (unpaired) electrons. The number of hydrogen-bond acceptors (Lipinski definition) is 6. The van der Waals surface area contributed by atoms with Gasteiger partial charge in [-0.15, -0.1) is 0 Å². The zero-order chi connectivity index (χ0) is 41.7. The molecule has 62 heavy (non-hydrogen) atoms. The molecular formula is C56H36N6. The van der Waals surface area contributed by atoms with Crippen LogP contribution in [0.15, 0.2) is 218 Å². The lowest BCUT2D eigenvalue weighted by atomic mass is 9.88. The Balaban J connectivity index is 1.17. The maximum Gasteiger partial charge on any atom is 0.164 e. The molecule has 10 rings (SSSR count). The van der Waals surface area contributed by atoms with E-state index in [9.17, 15) is 5.26 Å². The molecule has 0 fully saturated rings. The monoisotopic (exact) mass is 792 g/mol. The highest BCUT2D eigenvalue weighted by atomic mass is 15.0. The third kappa shape index (κ3) is 7.66. The summed E-state index contributed by atoms with van der Waals surface area (Å²) in [5.74, 6) is 2.37. The van der Waals surface area contributed by atoms with Gasteiger partial charge in [-0.05, 0) is 57.6 Å². The molecular weight excluding hydrogens is 757 g/mol. The Hall–Kier alpha value is -8.66. The first-order valence-corrected chi connectivity index (χ1v) is 20.4. The maximum atomic E-state index is 9.73. The van der Waals surface area contributed by atoms with Crippen LogP contribution in [0, 0.1) is 11.3 Å². The summed E-state index contributed by atoms with van der Waals surface area (Å²) in [5, 5.41) is 9.73. The van der Waals surface area contributed by atoms with E-state index in [-0.39, 0.29) is 0 Å². The van der Waals surface area contributed by atoms with Crippen LogP contribution in [0.2, 0.25) is 0 Å². The van der Waals surface area contributed by atoms with E-state index >= 15 is 0 Å². The molecule has 0 unspecified atom stereocenters. The molecule has 10 aromatic rings. The van der Waals surface area contributed by atoms with Crippen molar-refractivity contribution in [3.05, 3.63) is 224 Å². The van der Waals surface area contributed by atoms with Crippen LogP contribution in [-0.2, 0) is 0 Å². The molecule has 2 aromatic heterocycles. The summed E-state index contributed by atoms with van der Waals surface area (Å²) >= 11 is 0. The molecule has 6 nitrogen and oxygen atoms in total. The molecule has 0 saturated carbocycles. The average Bonchev–Trinajstić information content (AvgIpc) is 3.37. The van der Waals surface area contributed by atoms with Crippen LogP contribution >= 0.6 is 0 Å². The second-order valence-corrected chi connectivity index (χ2v) is 14.8. The van der Waals surface area contributed by atoms with E-state index in [4.69, 9.17) is 24.9 Å². The molecule has 6 heteroatoms. The van der Waals surface area contributed by atoms with Gasteiger partial charge in [0.25, 0.3) is 0 Å². The molecule has 0 saturated heterocycles. The van der Waals surface area contributed by atoms with E-state index in [1.54, 1.807) is 0 Å². The van der Waals surface area contributed by atoms with Gasteiger partial charge in [-0.2, -0.15) is 5.26 Å². The summed E-state index contributed by atoms with van der Waals surface area (Å²) in [7, 11) is 0. The second-order valence-electron chi connectivity index (χ2n) is 14.8. The summed E-state index contributed by atoms with van der Waals surface area (Å²) in [5.41, 5.74) is 13.8. The predicted molar refractivity (Wildman–Crippen MR) is 249 cm³/mol. The van der Waals surface area contributed by atoms with Crippen molar-refractivity contribution in [1.82, 2.24) is 24.9 Å². The number of hydrogen-bond donors (Lipinski definition) is 0. The van der Waals surface area contributed by atoms with Crippen molar-refractivity contribution < 1.29 is 0 Å². The molecule has 0 aliphatic carbocycles. The highest BCUT2D eigenvalue weighted by Crippen LogP contribution is 2.42. The van der Waals surface area contributed by atoms with Gasteiger partial charge in [0, 0.05) is 33.4 Å². The highest BCUT2D eigenvalue weighted by molar-refractivity contribution is 5.94. The van der Waals surface area contributed by atoms with E-state index in [2.05, 4.69) is 103 Å². The van der Waals surface area contributed by atoms with Crippen LogP contribution < -0.4 is 0 Å². The summed E-state index contributed by atoms with van der Waals surface area (Å²) in [6.07, 6.45) is 0. The van der Waals surface area contributed by atoms with Gasteiger partial charge in [-0.25, -0.2) is 24.9 Å². The first kappa shape index (κ1) is 37.6. The van der Waals surface area contributed by atoms with Gasteiger partial charge in [0.1, 0.15) is 0 Å². The van der Waals surface area contributed by atoms with E-state index in [1.807, 2.05) is 121 Å². The Kier molecular flexibility index (Phi) is 10.3. The Morgan fingerprint density at radius 2 is 0.613 bits per heavy atom. The van der Waals surface area contributed by atoms with Crippen molar-refractivity contribution in [3.8, 4) is 108 Å². The van der Waals surface area contributed by atoms with Gasteiger partial charge in [-0.3, -0.25) is 0 Å². The number of aromatic nitrogens is 5. The second kappa shape index (κ2) is 16.9. The number of benzene rings is 8. The molecule has 0 aliphatic rings. The molecule has 2 heterocycles. The van der Waals surface area contributed by atoms with Gasteiger partial charge in [0.05, 0.1) is 23.0 Å². The van der Waals surface area contributed by atoms with Gasteiger partial charge in [0.2, 0.25) is 0 Å². The molecule has 0 amide bonds. The van der Waals surface area contributed by atoms with Crippen LogP contribution in [-0.4, -0.2) is 24.9 Å². The Bertz CT molecular complexity index is 3160. The molecule has 0 aliphatic heterocycles. The van der Waals surface area contributed by atoms with E-state index in [0.29, 0.717) is 28.9 Å². The minimum atomic E-state index is 0.553. The minimum Gasteiger partial charge on any atom is -0.228 e. The van der Waals surface area contributed by atoms with Crippen molar-refractivity contribution in [2.45, 2.75) is 0 Å². The fourth-order valence-corrected chi connectivity index (χ4v) is 7.78. The fraction of sp³-hybridized carbons (Fsp3) is 0. The zero-order valence-electron chi connectivity index (χ0n) is 33.5. The molecule has 0 atom stereocenters. The third-order valence-electron chi connectivity index (χ3n) is 10.8. The third-order valence-corrected chi connectivity index (χ3v) is 10.8. The quantitative estimate of drug-likeness (QED) is 0.145. The van der Waals surface area contributed by atoms with E-state index < -0.39 is 0 Å². The van der Waals surface area contributed by atoms with Crippen LogP contribution in [0.5, 0.6) is 0 Å². The first-order chi connectivity index (χ1) is 30.7. The van der Waals surface area contributed by atoms with Gasteiger partial charge in [0.15, 0.2) is 23.3 Å². The standard InChI is InChI=1S/C56H36N6/c57-37-38-29-31-40(32-30-38)50-35-44(56-61-54(42-21-9-3-10-22-42)60-55(62-56)43-23-11-4-12-24-43)33-34-47(50)46-26-14-16-28-49(46)52-36-51(58-53(59-52)41-19-7-2-8-20-41)48-27-15-13-25-45(48)39-17-5-1-6-18-39/h1-36H. The number of rotatable bonds is 9. The summed E-state index contributed by atoms with van der Waals surface area (Å²) < 4.78 is 0. The lowest BCUT2D eigenvalue weighted by Gasteiger charge is -2.17. The molecule has 0 bridgehead atoms. The van der Waals surface area contributed by atoms with E-state index in [1.165, 1.54) is 0 Å². The number of nitriles is 1. The maximum absolute atomic E-state index is 9.73. The Morgan fingerprint density at radius 1 is 0.258 bits per heavy atom. The molecule has 8 aromatic carbocycles. The van der Waals surface area contributed by atoms with Crippen molar-refractivity contribution in [2.75, 3.05) is 0 Å². The topological polar surface area (TPSA) is 88.2 Å². The van der Waals surface area contributed by atoms with Crippen LogP contribution in [0.1, 0.15) is 5.56 Å². The van der Waals surface area contributed by atoms with Crippen LogP contribution in [0.25, 0.3) is 101 Å². The summed E-state index contributed by atoms with van der Waals surface area (Å²) in [6.45, 7) is 0. The fourth-order valence-electron chi connectivity index (χ4n) is 7.78. The van der Waals surface area contributed by atoms with Crippen molar-refractivity contribution >= 4 is 0 Å². The summed E-state index contributed by atoms with van der Waals surface area (Å²) in [4.78, 5) is 25.5. The minimum absolute atomic E-state index is 0.553. The zero-order valence-corrected chi connectivity index (χ0v) is 33.5. The largest absolute Gasteiger partial charge is 0.228 e. The summed E-state index contributed by atoms with van der Waals surface area (Å²) in [6, 6.07) is 75.7. The highest BCUT2D eigenvalue weighted by Gasteiger charge is 2.20. The van der Waals surface area contributed by atoms with Crippen molar-refractivity contribution in [2.24, 2.45) is 0 Å². The SMILES string of the molecule is N#Cc1ccc(-c2cc(-c3nc(-c4ccccc4)nc(-c4ccccc4)n3)ccc2-c2ccccc2-c2cc(-c3ccccc3-c3ccccc3)nc(-c3ccccc3)n2)cc1. The average molecular weight is 793 g/mol. The lowest BCUT2D eigenvalue weighted by Crippen LogP contribution is -2.01. The molecule has 290 valence electrons. The van der Waals surface area contributed by atoms with Crippen molar-refractivity contribution in [1.29, 1.82) is 5.26 Å². The normalized spacial score (nSPS) is 10.9. The van der Waals surface area contributed by atoms with Crippen LogP contribution in [0.3, 0.4) is 0 Å². The van der Waals surface area contributed by atoms with Crippen LogP contribution in [0.4, 0.5) is 0 Å². The first-order valence-electron chi connectivity index (χ1n) is 20.4.